The van der Waals surface area contributed by atoms with Gasteiger partial charge in [-0.2, -0.15) is 0 Å². The maximum atomic E-state index is 12.6. The van der Waals surface area contributed by atoms with Crippen LogP contribution in [0.5, 0.6) is 0 Å². The lowest BCUT2D eigenvalue weighted by atomic mass is 10.0. The molecule has 3 N–H and O–H groups in total. The monoisotopic (exact) mass is 410 g/mol. The van der Waals surface area contributed by atoms with Crippen LogP contribution in [0.3, 0.4) is 0 Å². The Labute approximate surface area is 150 Å². The number of hydrogen-bond donors (Lipinski definition) is 2. The Hall–Kier alpha value is -1.70. The van der Waals surface area contributed by atoms with Crippen LogP contribution in [0.4, 0.5) is 0 Å². The molecule has 0 aromatic heterocycles. The summed E-state index contributed by atoms with van der Waals surface area (Å²) in [6, 6.07) is 11.8. The van der Waals surface area contributed by atoms with Gasteiger partial charge in [0, 0.05) is 10.0 Å². The maximum absolute atomic E-state index is 12.6. The molecule has 0 aliphatic rings. The number of benzene rings is 2. The van der Waals surface area contributed by atoms with Gasteiger partial charge < -0.3 is 5.32 Å². The highest BCUT2D eigenvalue weighted by Crippen LogP contribution is 2.21. The summed E-state index contributed by atoms with van der Waals surface area (Å²) in [5.74, 6) is -0.326. The molecule has 128 valence electrons. The van der Waals surface area contributed by atoms with E-state index in [0.29, 0.717) is 17.5 Å². The highest BCUT2D eigenvalue weighted by atomic mass is 79.9. The minimum Gasteiger partial charge on any atom is -0.345 e. The Morgan fingerprint density at radius 1 is 1.21 bits per heavy atom. The molecule has 1 unspecified atom stereocenters. The second kappa shape index (κ2) is 7.46. The highest BCUT2D eigenvalue weighted by molar-refractivity contribution is 9.10. The standard InChI is InChI=1S/C17H19BrN2O3S/c1-3-16(12-5-7-13(18)8-6-12)20-17(21)15-10-14(24(19,22)23)9-4-11(15)2/h4-10,16H,3H2,1-2H3,(H,20,21)(H2,19,22,23). The van der Waals surface area contributed by atoms with Crippen molar-refractivity contribution in [1.82, 2.24) is 5.32 Å². The van der Waals surface area contributed by atoms with Crippen molar-refractivity contribution in [3.05, 3.63) is 63.6 Å². The Morgan fingerprint density at radius 2 is 1.83 bits per heavy atom. The average Bonchev–Trinajstić information content (AvgIpc) is 2.52. The third kappa shape index (κ3) is 4.43. The zero-order chi connectivity index (χ0) is 17.9. The largest absolute Gasteiger partial charge is 0.345 e. The quantitative estimate of drug-likeness (QED) is 0.791. The molecule has 24 heavy (non-hydrogen) atoms. The fourth-order valence-electron chi connectivity index (χ4n) is 2.37. The first-order valence-electron chi connectivity index (χ1n) is 7.42. The Morgan fingerprint density at radius 3 is 2.38 bits per heavy atom. The molecule has 0 aliphatic carbocycles. The van der Waals surface area contributed by atoms with E-state index in [1.165, 1.54) is 12.1 Å². The number of nitrogens with one attached hydrogen (secondary N) is 1. The van der Waals surface area contributed by atoms with Crippen molar-refractivity contribution in [2.24, 2.45) is 5.14 Å². The molecular weight excluding hydrogens is 392 g/mol. The molecule has 0 saturated carbocycles. The van der Waals surface area contributed by atoms with Crippen LogP contribution in [0, 0.1) is 6.92 Å². The predicted molar refractivity (Wildman–Crippen MR) is 97.2 cm³/mol. The highest BCUT2D eigenvalue weighted by Gasteiger charge is 2.18. The first kappa shape index (κ1) is 18.6. The fraction of sp³-hybridized carbons (Fsp3) is 0.235. The second-order valence-corrected chi connectivity index (χ2v) is 7.98. The van der Waals surface area contributed by atoms with Crippen LogP contribution in [-0.2, 0) is 10.0 Å². The van der Waals surface area contributed by atoms with E-state index in [1.807, 2.05) is 31.2 Å². The summed E-state index contributed by atoms with van der Waals surface area (Å²) in [7, 11) is -3.85. The van der Waals surface area contributed by atoms with Gasteiger partial charge in [-0.15, -0.1) is 0 Å². The average molecular weight is 411 g/mol. The first-order chi connectivity index (χ1) is 11.2. The van der Waals surface area contributed by atoms with Crippen molar-refractivity contribution in [2.75, 3.05) is 0 Å². The van der Waals surface area contributed by atoms with Gasteiger partial charge in [0.1, 0.15) is 0 Å². The lowest BCUT2D eigenvalue weighted by Crippen LogP contribution is -2.29. The van der Waals surface area contributed by atoms with Gasteiger partial charge in [0.05, 0.1) is 10.9 Å². The molecular formula is C17H19BrN2O3S. The third-order valence-electron chi connectivity index (χ3n) is 3.77. The van der Waals surface area contributed by atoms with Crippen molar-refractivity contribution < 1.29 is 13.2 Å². The summed E-state index contributed by atoms with van der Waals surface area (Å²) in [5.41, 5.74) is 1.97. The van der Waals surface area contributed by atoms with Crippen LogP contribution in [0.1, 0.15) is 40.9 Å². The van der Waals surface area contributed by atoms with E-state index in [-0.39, 0.29) is 16.8 Å². The van der Waals surface area contributed by atoms with E-state index >= 15 is 0 Å². The van der Waals surface area contributed by atoms with Gasteiger partial charge in [-0.05, 0) is 48.7 Å². The molecule has 0 spiro atoms. The van der Waals surface area contributed by atoms with Crippen molar-refractivity contribution in [3.8, 4) is 0 Å². The molecule has 1 atom stereocenters. The van der Waals surface area contributed by atoms with E-state index < -0.39 is 10.0 Å². The van der Waals surface area contributed by atoms with Crippen LogP contribution in [0.15, 0.2) is 51.8 Å². The van der Waals surface area contributed by atoms with E-state index in [1.54, 1.807) is 13.0 Å². The SMILES string of the molecule is CCC(NC(=O)c1cc(S(N)(=O)=O)ccc1C)c1ccc(Br)cc1. The molecule has 0 aliphatic heterocycles. The number of primary sulfonamides is 1. The first-order valence-corrected chi connectivity index (χ1v) is 9.76. The molecule has 0 saturated heterocycles. The van der Waals surface area contributed by atoms with Gasteiger partial charge in [-0.1, -0.05) is 41.1 Å². The number of carbonyl (C=O) groups excluding carboxylic acids is 1. The molecule has 5 nitrogen and oxygen atoms in total. The Balaban J connectivity index is 2.29. The fourth-order valence-corrected chi connectivity index (χ4v) is 3.18. The molecule has 0 heterocycles. The third-order valence-corrected chi connectivity index (χ3v) is 5.21. The lowest BCUT2D eigenvalue weighted by Gasteiger charge is -2.18. The summed E-state index contributed by atoms with van der Waals surface area (Å²) in [6.07, 6.45) is 0.710. The van der Waals surface area contributed by atoms with Crippen LogP contribution in [-0.4, -0.2) is 14.3 Å². The number of aryl methyl sites for hydroxylation is 1. The Bertz CT molecular complexity index is 849. The van der Waals surface area contributed by atoms with Crippen LogP contribution < -0.4 is 10.5 Å². The van der Waals surface area contributed by atoms with Crippen LogP contribution >= 0.6 is 15.9 Å². The van der Waals surface area contributed by atoms with E-state index in [2.05, 4.69) is 21.2 Å². The maximum Gasteiger partial charge on any atom is 0.252 e. The van der Waals surface area contributed by atoms with Gasteiger partial charge in [-0.25, -0.2) is 13.6 Å². The van der Waals surface area contributed by atoms with E-state index in [4.69, 9.17) is 5.14 Å². The number of carbonyl (C=O) groups is 1. The lowest BCUT2D eigenvalue weighted by molar-refractivity contribution is 0.0934. The molecule has 0 fully saturated rings. The minimum atomic E-state index is -3.85. The normalized spacial score (nSPS) is 12.7. The number of rotatable bonds is 5. The summed E-state index contributed by atoms with van der Waals surface area (Å²) in [4.78, 5) is 12.5. The number of sulfonamides is 1. The molecule has 0 bridgehead atoms. The molecule has 2 rings (SSSR count). The van der Waals surface area contributed by atoms with Crippen molar-refractivity contribution in [1.29, 1.82) is 0 Å². The molecule has 0 radical (unpaired) electrons. The van der Waals surface area contributed by atoms with Gasteiger partial charge in [0.15, 0.2) is 0 Å². The summed E-state index contributed by atoms with van der Waals surface area (Å²) in [6.45, 7) is 3.73. The smallest absolute Gasteiger partial charge is 0.252 e. The number of amides is 1. The van der Waals surface area contributed by atoms with Gasteiger partial charge in [-0.3, -0.25) is 4.79 Å². The minimum absolute atomic E-state index is 0.0741. The van der Waals surface area contributed by atoms with Crippen molar-refractivity contribution >= 4 is 31.9 Å². The van der Waals surface area contributed by atoms with E-state index in [0.717, 1.165) is 10.0 Å². The van der Waals surface area contributed by atoms with Gasteiger partial charge >= 0.3 is 0 Å². The topological polar surface area (TPSA) is 89.3 Å². The van der Waals surface area contributed by atoms with Crippen molar-refractivity contribution in [3.63, 3.8) is 0 Å². The second-order valence-electron chi connectivity index (χ2n) is 5.51. The molecule has 2 aromatic rings. The number of halogens is 1. The van der Waals surface area contributed by atoms with Gasteiger partial charge in [0.2, 0.25) is 10.0 Å². The summed E-state index contributed by atoms with van der Waals surface area (Å²) >= 11 is 3.38. The Kier molecular flexibility index (Phi) is 5.79. The molecule has 2 aromatic carbocycles. The number of nitrogens with two attached hydrogens (primary N) is 1. The molecule has 7 heteroatoms. The summed E-state index contributed by atoms with van der Waals surface area (Å²) in [5, 5.41) is 8.09. The summed E-state index contributed by atoms with van der Waals surface area (Å²) < 4.78 is 23.9. The molecule has 1 amide bonds. The van der Waals surface area contributed by atoms with Crippen molar-refractivity contribution in [2.45, 2.75) is 31.2 Å². The van der Waals surface area contributed by atoms with Crippen LogP contribution in [0.2, 0.25) is 0 Å². The van der Waals surface area contributed by atoms with E-state index in [9.17, 15) is 13.2 Å². The van der Waals surface area contributed by atoms with Gasteiger partial charge in [0.25, 0.3) is 5.91 Å². The number of hydrogen-bond acceptors (Lipinski definition) is 3. The van der Waals surface area contributed by atoms with Crippen LogP contribution in [0.25, 0.3) is 0 Å². The zero-order valence-electron chi connectivity index (χ0n) is 13.4. The predicted octanol–water partition coefficient (Wildman–Crippen LogP) is 3.29. The zero-order valence-corrected chi connectivity index (χ0v) is 15.8.